The number of pyridine rings is 1. The lowest BCUT2D eigenvalue weighted by atomic mass is 9.95. The Morgan fingerprint density at radius 3 is 2.64 bits per heavy atom. The van der Waals surface area contributed by atoms with Gasteiger partial charge in [-0.15, -0.1) is 11.8 Å². The van der Waals surface area contributed by atoms with Gasteiger partial charge in [0.15, 0.2) is 5.65 Å². The van der Waals surface area contributed by atoms with E-state index in [0.29, 0.717) is 12.2 Å². The summed E-state index contributed by atoms with van der Waals surface area (Å²) in [5.74, 6) is 0.214. The Balaban J connectivity index is 1.30. The lowest BCUT2D eigenvalue weighted by Gasteiger charge is -2.32. The van der Waals surface area contributed by atoms with Gasteiger partial charge in [0.1, 0.15) is 5.52 Å². The Morgan fingerprint density at radius 1 is 1.14 bits per heavy atom. The van der Waals surface area contributed by atoms with Gasteiger partial charge in [-0.2, -0.15) is 0 Å². The molecule has 1 aliphatic rings. The molecule has 1 saturated heterocycles. The molecule has 1 fully saturated rings. The zero-order chi connectivity index (χ0) is 19.3. The summed E-state index contributed by atoms with van der Waals surface area (Å²) in [5.41, 5.74) is 3.63. The van der Waals surface area contributed by atoms with Crippen molar-refractivity contribution >= 4 is 34.5 Å². The molecule has 0 saturated carbocycles. The van der Waals surface area contributed by atoms with Crippen molar-refractivity contribution < 1.29 is 4.79 Å². The van der Waals surface area contributed by atoms with E-state index in [1.54, 1.807) is 24.2 Å². The third-order valence-corrected chi connectivity index (χ3v) is 5.91. The Morgan fingerprint density at radius 2 is 1.89 bits per heavy atom. The van der Waals surface area contributed by atoms with Gasteiger partial charge < -0.3 is 10.2 Å². The smallest absolute Gasteiger partial charge is 0.223 e. The molecule has 3 heterocycles. The number of amides is 1. The molecule has 144 valence electrons. The number of carbonyl (C=O) groups is 1. The molecule has 3 aromatic rings. The minimum Gasteiger partial charge on any atom is -0.370 e. The summed E-state index contributed by atoms with van der Waals surface area (Å²) < 4.78 is 0. The Labute approximate surface area is 168 Å². The van der Waals surface area contributed by atoms with E-state index in [-0.39, 0.29) is 11.8 Å². The van der Waals surface area contributed by atoms with E-state index in [4.69, 9.17) is 0 Å². The normalized spacial score (nSPS) is 15.0. The van der Waals surface area contributed by atoms with Gasteiger partial charge in [-0.3, -0.25) is 9.78 Å². The number of piperidine rings is 1. The number of thioether (sulfide) groups is 1. The maximum atomic E-state index is 12.5. The molecule has 0 aliphatic carbocycles. The molecular weight excluding hydrogens is 370 g/mol. The molecule has 1 aliphatic heterocycles. The van der Waals surface area contributed by atoms with Crippen molar-refractivity contribution in [2.24, 2.45) is 5.92 Å². The Bertz CT molecular complexity index is 954. The van der Waals surface area contributed by atoms with Gasteiger partial charge in [-0.1, -0.05) is 12.1 Å². The van der Waals surface area contributed by atoms with Gasteiger partial charge in [0.25, 0.3) is 0 Å². The van der Waals surface area contributed by atoms with Crippen LogP contribution in [-0.2, 0) is 11.3 Å². The van der Waals surface area contributed by atoms with Crippen LogP contribution in [0, 0.1) is 5.92 Å². The Kier molecular flexibility index (Phi) is 5.71. The second-order valence-electron chi connectivity index (χ2n) is 6.92. The van der Waals surface area contributed by atoms with Gasteiger partial charge in [0.05, 0.1) is 11.9 Å². The van der Waals surface area contributed by atoms with Crippen LogP contribution in [0.4, 0.5) is 5.69 Å². The fourth-order valence-corrected chi connectivity index (χ4v) is 3.91. The second kappa shape index (κ2) is 8.56. The van der Waals surface area contributed by atoms with Crippen LogP contribution in [0.5, 0.6) is 0 Å². The first-order valence-corrected chi connectivity index (χ1v) is 10.7. The van der Waals surface area contributed by atoms with Crippen molar-refractivity contribution in [3.05, 3.63) is 54.5 Å². The van der Waals surface area contributed by atoms with Crippen molar-refractivity contribution in [1.29, 1.82) is 0 Å². The lowest BCUT2D eigenvalue weighted by Crippen LogP contribution is -2.40. The van der Waals surface area contributed by atoms with E-state index < -0.39 is 0 Å². The second-order valence-corrected chi connectivity index (χ2v) is 7.80. The van der Waals surface area contributed by atoms with E-state index in [0.717, 1.165) is 42.7 Å². The third kappa shape index (κ3) is 4.25. The minimum absolute atomic E-state index is 0.0647. The highest BCUT2D eigenvalue weighted by molar-refractivity contribution is 7.98. The molecular formula is C21H23N5OS. The highest BCUT2D eigenvalue weighted by Gasteiger charge is 2.25. The summed E-state index contributed by atoms with van der Waals surface area (Å²) in [5, 5.41) is 3.09. The molecule has 0 unspecified atom stereocenters. The molecule has 0 spiro atoms. The molecule has 28 heavy (non-hydrogen) atoms. The summed E-state index contributed by atoms with van der Waals surface area (Å²) in [7, 11) is 0. The number of nitrogens with zero attached hydrogens (tertiary/aromatic N) is 4. The standard InChI is InChI=1S/C21H23N5OS/c1-28-18-4-2-15(3-5-18)13-25-21(27)16-6-10-26(11-7-16)17-12-19-20(24-14-17)23-9-8-22-19/h2-5,8-9,12,14,16H,6-7,10-11,13H2,1H3,(H,25,27). The SMILES string of the molecule is CSc1ccc(CNC(=O)C2CCN(c3cnc4nccnc4c3)CC2)cc1. The average molecular weight is 394 g/mol. The van der Waals surface area contributed by atoms with Gasteiger partial charge in [-0.25, -0.2) is 9.97 Å². The number of anilines is 1. The molecule has 4 rings (SSSR count). The summed E-state index contributed by atoms with van der Waals surface area (Å²) in [6.45, 7) is 2.27. The Hall–Kier alpha value is -2.67. The van der Waals surface area contributed by atoms with Crippen molar-refractivity contribution in [3.8, 4) is 0 Å². The van der Waals surface area contributed by atoms with E-state index in [1.165, 1.54) is 4.90 Å². The molecule has 1 N–H and O–H groups in total. The number of benzene rings is 1. The summed E-state index contributed by atoms with van der Waals surface area (Å²) in [6.07, 6.45) is 8.92. The van der Waals surface area contributed by atoms with Crippen LogP contribution in [0.2, 0.25) is 0 Å². The molecule has 1 amide bonds. The van der Waals surface area contributed by atoms with Crippen LogP contribution in [0.25, 0.3) is 11.2 Å². The maximum Gasteiger partial charge on any atom is 0.223 e. The van der Waals surface area contributed by atoms with Gasteiger partial charge >= 0.3 is 0 Å². The zero-order valence-corrected chi connectivity index (χ0v) is 16.7. The number of nitrogens with one attached hydrogen (secondary N) is 1. The minimum atomic E-state index is 0.0647. The molecule has 0 radical (unpaired) electrons. The van der Waals surface area contributed by atoms with Crippen molar-refractivity contribution in [2.45, 2.75) is 24.3 Å². The van der Waals surface area contributed by atoms with E-state index in [1.807, 2.05) is 12.3 Å². The first-order chi connectivity index (χ1) is 13.7. The quantitative estimate of drug-likeness (QED) is 0.671. The molecule has 2 aromatic heterocycles. The fourth-order valence-electron chi connectivity index (χ4n) is 3.50. The number of aromatic nitrogens is 3. The van der Waals surface area contributed by atoms with E-state index in [9.17, 15) is 4.79 Å². The van der Waals surface area contributed by atoms with Crippen molar-refractivity contribution in [2.75, 3.05) is 24.2 Å². The predicted octanol–water partition coefficient (Wildman–Crippen LogP) is 3.28. The van der Waals surface area contributed by atoms with Crippen LogP contribution in [0.3, 0.4) is 0 Å². The molecule has 7 heteroatoms. The molecule has 6 nitrogen and oxygen atoms in total. The maximum absolute atomic E-state index is 12.5. The largest absolute Gasteiger partial charge is 0.370 e. The van der Waals surface area contributed by atoms with Gasteiger partial charge in [-0.05, 0) is 42.9 Å². The number of hydrogen-bond acceptors (Lipinski definition) is 6. The van der Waals surface area contributed by atoms with Crippen LogP contribution >= 0.6 is 11.8 Å². The monoisotopic (exact) mass is 393 g/mol. The number of carbonyl (C=O) groups excluding carboxylic acids is 1. The zero-order valence-electron chi connectivity index (χ0n) is 15.8. The lowest BCUT2D eigenvalue weighted by molar-refractivity contribution is -0.125. The van der Waals surface area contributed by atoms with Crippen molar-refractivity contribution in [1.82, 2.24) is 20.3 Å². The van der Waals surface area contributed by atoms with Gasteiger partial charge in [0.2, 0.25) is 5.91 Å². The summed E-state index contributed by atoms with van der Waals surface area (Å²) in [4.78, 5) is 29.0. The van der Waals surface area contributed by atoms with Crippen LogP contribution in [0.15, 0.2) is 53.8 Å². The number of rotatable bonds is 5. The topological polar surface area (TPSA) is 71.0 Å². The fraction of sp³-hybridized carbons (Fsp3) is 0.333. The van der Waals surface area contributed by atoms with Crippen LogP contribution in [0.1, 0.15) is 18.4 Å². The van der Waals surface area contributed by atoms with Gasteiger partial charge in [0, 0.05) is 42.8 Å². The predicted molar refractivity (Wildman–Crippen MR) is 112 cm³/mol. The summed E-state index contributed by atoms with van der Waals surface area (Å²) >= 11 is 1.72. The van der Waals surface area contributed by atoms with E-state index >= 15 is 0 Å². The number of fused-ring (bicyclic) bond motifs is 1. The molecule has 0 atom stereocenters. The van der Waals surface area contributed by atoms with E-state index in [2.05, 4.69) is 55.7 Å². The average Bonchev–Trinajstić information content (AvgIpc) is 2.77. The van der Waals surface area contributed by atoms with Crippen LogP contribution < -0.4 is 10.2 Å². The first kappa shape index (κ1) is 18.7. The highest BCUT2D eigenvalue weighted by Crippen LogP contribution is 2.24. The molecule has 1 aromatic carbocycles. The molecule has 0 bridgehead atoms. The highest BCUT2D eigenvalue weighted by atomic mass is 32.2. The third-order valence-electron chi connectivity index (χ3n) is 5.17. The number of hydrogen-bond donors (Lipinski definition) is 1. The van der Waals surface area contributed by atoms with Crippen LogP contribution in [-0.4, -0.2) is 40.2 Å². The first-order valence-electron chi connectivity index (χ1n) is 9.45. The van der Waals surface area contributed by atoms with Crippen molar-refractivity contribution in [3.63, 3.8) is 0 Å². The summed E-state index contributed by atoms with van der Waals surface area (Å²) in [6, 6.07) is 10.3.